The minimum absolute atomic E-state index is 0.675. The van der Waals surface area contributed by atoms with Crippen molar-refractivity contribution < 1.29 is 22.7 Å². The SMILES string of the molecule is O=C(Cl)c1c(F)cncc1OC(F)F. The van der Waals surface area contributed by atoms with Gasteiger partial charge >= 0.3 is 6.61 Å². The molecule has 0 saturated heterocycles. The molecular weight excluding hydrogens is 223 g/mol. The fourth-order valence-corrected chi connectivity index (χ4v) is 0.977. The lowest BCUT2D eigenvalue weighted by atomic mass is 10.2. The number of hydrogen-bond donors (Lipinski definition) is 0. The van der Waals surface area contributed by atoms with Gasteiger partial charge in [0.15, 0.2) is 11.6 Å². The van der Waals surface area contributed by atoms with Gasteiger partial charge in [0.05, 0.1) is 12.4 Å². The van der Waals surface area contributed by atoms with Gasteiger partial charge in [0, 0.05) is 0 Å². The summed E-state index contributed by atoms with van der Waals surface area (Å²) >= 11 is 4.97. The van der Waals surface area contributed by atoms with Crippen LogP contribution in [-0.4, -0.2) is 16.8 Å². The molecule has 0 spiro atoms. The molecule has 76 valence electrons. The first kappa shape index (κ1) is 10.8. The van der Waals surface area contributed by atoms with Crippen LogP contribution in [0.5, 0.6) is 5.75 Å². The lowest BCUT2D eigenvalue weighted by Gasteiger charge is -2.06. The van der Waals surface area contributed by atoms with Crippen molar-refractivity contribution in [3.63, 3.8) is 0 Å². The topological polar surface area (TPSA) is 39.2 Å². The van der Waals surface area contributed by atoms with Crippen LogP contribution in [0.4, 0.5) is 13.2 Å². The largest absolute Gasteiger partial charge is 0.432 e. The molecule has 1 aromatic heterocycles. The highest BCUT2D eigenvalue weighted by Gasteiger charge is 2.19. The smallest absolute Gasteiger partial charge is 0.387 e. The summed E-state index contributed by atoms with van der Waals surface area (Å²) in [6.07, 6.45) is 1.46. The fraction of sp³-hybridized carbons (Fsp3) is 0.143. The highest BCUT2D eigenvalue weighted by atomic mass is 35.5. The van der Waals surface area contributed by atoms with E-state index in [1.165, 1.54) is 0 Å². The second-order valence-electron chi connectivity index (χ2n) is 2.15. The van der Waals surface area contributed by atoms with E-state index >= 15 is 0 Å². The molecule has 0 aliphatic carbocycles. The molecule has 1 rings (SSSR count). The summed E-state index contributed by atoms with van der Waals surface area (Å²) in [5.41, 5.74) is -0.748. The number of ether oxygens (including phenoxy) is 1. The van der Waals surface area contributed by atoms with Crippen LogP contribution in [-0.2, 0) is 0 Å². The Morgan fingerprint density at radius 2 is 2.14 bits per heavy atom. The normalized spacial score (nSPS) is 10.4. The molecule has 0 bridgehead atoms. The summed E-state index contributed by atoms with van der Waals surface area (Å²) in [4.78, 5) is 13.9. The van der Waals surface area contributed by atoms with E-state index < -0.39 is 29.0 Å². The van der Waals surface area contributed by atoms with Crippen LogP contribution in [0.2, 0.25) is 0 Å². The Morgan fingerprint density at radius 1 is 1.50 bits per heavy atom. The zero-order valence-electron chi connectivity index (χ0n) is 6.51. The van der Waals surface area contributed by atoms with Gasteiger partial charge in [-0.05, 0) is 11.6 Å². The first-order valence-corrected chi connectivity index (χ1v) is 3.68. The van der Waals surface area contributed by atoms with E-state index in [4.69, 9.17) is 11.6 Å². The molecule has 7 heteroatoms. The van der Waals surface area contributed by atoms with Crippen LogP contribution in [0.3, 0.4) is 0 Å². The van der Waals surface area contributed by atoms with Crippen LogP contribution in [0, 0.1) is 5.82 Å². The van der Waals surface area contributed by atoms with Crippen molar-refractivity contribution >= 4 is 16.8 Å². The summed E-state index contributed by atoms with van der Waals surface area (Å²) in [5.74, 6) is -1.79. The lowest BCUT2D eigenvalue weighted by Crippen LogP contribution is -2.08. The number of carbonyl (C=O) groups excluding carboxylic acids is 1. The first-order chi connectivity index (χ1) is 6.52. The van der Waals surface area contributed by atoms with E-state index in [1.807, 2.05) is 0 Å². The molecule has 3 nitrogen and oxygen atoms in total. The van der Waals surface area contributed by atoms with Gasteiger partial charge in [-0.1, -0.05) is 0 Å². The minimum atomic E-state index is -3.17. The molecule has 1 aromatic rings. The summed E-state index contributed by atoms with van der Waals surface area (Å²) < 4.78 is 40.2. The fourth-order valence-electron chi connectivity index (χ4n) is 0.793. The first-order valence-electron chi connectivity index (χ1n) is 3.30. The molecule has 0 aliphatic heterocycles. The van der Waals surface area contributed by atoms with Gasteiger partial charge in [0.2, 0.25) is 0 Å². The Labute approximate surface area is 81.5 Å². The van der Waals surface area contributed by atoms with Gasteiger partial charge in [-0.3, -0.25) is 9.78 Å². The maximum atomic E-state index is 12.9. The molecule has 0 saturated carbocycles. The Balaban J connectivity index is 3.14. The Kier molecular flexibility index (Phi) is 3.29. The summed E-state index contributed by atoms with van der Waals surface area (Å²) in [6, 6.07) is 0. The van der Waals surface area contributed by atoms with Gasteiger partial charge in [-0.2, -0.15) is 8.78 Å². The number of aromatic nitrogens is 1. The highest BCUT2D eigenvalue weighted by molar-refractivity contribution is 6.68. The molecule has 1 heterocycles. The van der Waals surface area contributed by atoms with Gasteiger partial charge in [-0.15, -0.1) is 0 Å². The molecular formula is C7H3ClF3NO2. The van der Waals surface area contributed by atoms with Gasteiger partial charge < -0.3 is 4.74 Å². The predicted octanol–water partition coefficient (Wildman–Crippen LogP) is 2.20. The zero-order valence-corrected chi connectivity index (χ0v) is 7.26. The number of rotatable bonds is 3. The molecule has 0 fully saturated rings. The van der Waals surface area contributed by atoms with Gasteiger partial charge in [-0.25, -0.2) is 4.39 Å². The number of nitrogens with zero attached hydrogens (tertiary/aromatic N) is 1. The van der Waals surface area contributed by atoms with Crippen molar-refractivity contribution in [1.82, 2.24) is 4.98 Å². The second-order valence-corrected chi connectivity index (χ2v) is 2.49. The standard InChI is InChI=1S/C7H3ClF3NO2/c8-6(13)5-3(9)1-12-2-4(5)14-7(10)11/h1-2,7H. The average Bonchev–Trinajstić information content (AvgIpc) is 2.01. The van der Waals surface area contributed by atoms with Crippen molar-refractivity contribution in [3.05, 3.63) is 23.8 Å². The molecule has 0 aromatic carbocycles. The summed E-state index contributed by atoms with van der Waals surface area (Å²) in [7, 11) is 0. The number of pyridine rings is 1. The molecule has 0 amide bonds. The van der Waals surface area contributed by atoms with E-state index in [1.54, 1.807) is 0 Å². The molecule has 0 radical (unpaired) electrons. The van der Waals surface area contributed by atoms with Crippen LogP contribution in [0.25, 0.3) is 0 Å². The quantitative estimate of drug-likeness (QED) is 0.741. The van der Waals surface area contributed by atoms with E-state index in [-0.39, 0.29) is 0 Å². The third-order valence-corrected chi connectivity index (χ3v) is 1.47. The van der Waals surface area contributed by atoms with E-state index in [0.717, 1.165) is 6.20 Å². The summed E-state index contributed by atoms with van der Waals surface area (Å²) in [5, 5.41) is -1.22. The molecule has 0 aliphatic rings. The van der Waals surface area contributed by atoms with Crippen molar-refractivity contribution in [3.8, 4) is 5.75 Å². The van der Waals surface area contributed by atoms with Crippen LogP contribution < -0.4 is 4.74 Å². The number of carbonyl (C=O) groups is 1. The number of alkyl halides is 2. The van der Waals surface area contributed by atoms with E-state index in [0.29, 0.717) is 6.20 Å². The zero-order chi connectivity index (χ0) is 10.7. The molecule has 0 atom stereocenters. The number of hydrogen-bond acceptors (Lipinski definition) is 3. The molecule has 0 unspecified atom stereocenters. The van der Waals surface area contributed by atoms with E-state index in [9.17, 15) is 18.0 Å². The minimum Gasteiger partial charge on any atom is -0.432 e. The van der Waals surface area contributed by atoms with Crippen LogP contribution in [0.1, 0.15) is 10.4 Å². The third-order valence-electron chi connectivity index (χ3n) is 1.28. The van der Waals surface area contributed by atoms with Crippen molar-refractivity contribution in [2.45, 2.75) is 6.61 Å². The monoisotopic (exact) mass is 225 g/mol. The Morgan fingerprint density at radius 3 is 2.64 bits per heavy atom. The van der Waals surface area contributed by atoms with Crippen molar-refractivity contribution in [1.29, 1.82) is 0 Å². The molecule has 14 heavy (non-hydrogen) atoms. The lowest BCUT2D eigenvalue weighted by molar-refractivity contribution is -0.0505. The van der Waals surface area contributed by atoms with E-state index in [2.05, 4.69) is 9.72 Å². The Hall–Kier alpha value is -1.30. The van der Waals surface area contributed by atoms with Crippen LogP contribution >= 0.6 is 11.6 Å². The maximum Gasteiger partial charge on any atom is 0.387 e. The van der Waals surface area contributed by atoms with Gasteiger partial charge in [0.1, 0.15) is 5.56 Å². The van der Waals surface area contributed by atoms with Gasteiger partial charge in [0.25, 0.3) is 5.24 Å². The van der Waals surface area contributed by atoms with Crippen molar-refractivity contribution in [2.75, 3.05) is 0 Å². The second kappa shape index (κ2) is 4.28. The average molecular weight is 226 g/mol. The van der Waals surface area contributed by atoms with Crippen LogP contribution in [0.15, 0.2) is 12.4 Å². The molecule has 0 N–H and O–H groups in total. The van der Waals surface area contributed by atoms with Crippen molar-refractivity contribution in [2.24, 2.45) is 0 Å². The maximum absolute atomic E-state index is 12.9. The summed E-state index contributed by atoms with van der Waals surface area (Å²) in [6.45, 7) is -3.17. The third kappa shape index (κ3) is 2.35. The number of halogens is 4. The Bertz CT molecular complexity index is 359. The predicted molar refractivity (Wildman–Crippen MR) is 41.0 cm³/mol. The highest BCUT2D eigenvalue weighted by Crippen LogP contribution is 2.23.